The number of pyridine rings is 1. The fraction of sp³-hybridized carbons (Fsp3) is 0.261. The summed E-state index contributed by atoms with van der Waals surface area (Å²) < 4.78 is 19.6. The molecule has 0 bridgehead atoms. The first-order chi connectivity index (χ1) is 14.5. The molecule has 1 fully saturated rings. The first-order valence-electron chi connectivity index (χ1n) is 9.76. The molecule has 7 heteroatoms. The predicted molar refractivity (Wildman–Crippen MR) is 113 cm³/mol. The molecule has 1 aromatic heterocycles. The molecule has 1 amide bonds. The van der Waals surface area contributed by atoms with Crippen LogP contribution < -0.4 is 9.64 Å². The lowest BCUT2D eigenvalue weighted by atomic mass is 10.1. The first kappa shape index (κ1) is 19.8. The summed E-state index contributed by atoms with van der Waals surface area (Å²) in [4.78, 5) is 32.4. The van der Waals surface area contributed by atoms with Gasteiger partial charge in [-0.05, 0) is 49.4 Å². The van der Waals surface area contributed by atoms with Crippen molar-refractivity contribution < 1.29 is 18.7 Å². The van der Waals surface area contributed by atoms with Gasteiger partial charge in [-0.25, -0.2) is 9.37 Å². The van der Waals surface area contributed by atoms with E-state index in [1.165, 1.54) is 13.0 Å². The maximum Gasteiger partial charge on any atom is 0.272 e. The molecule has 2 heterocycles. The number of hydrogen-bond donors (Lipinski definition) is 0. The Bertz CT molecular complexity index is 1120. The largest absolute Gasteiger partial charge is 0.497 e. The number of methoxy groups -OCH3 is 1. The topological polar surface area (TPSA) is 62.7 Å². The second kappa shape index (κ2) is 8.10. The summed E-state index contributed by atoms with van der Waals surface area (Å²) in [5.74, 6) is 0.00845. The molecule has 2 aromatic carbocycles. The summed E-state index contributed by atoms with van der Waals surface area (Å²) in [6.45, 7) is 3.36. The Morgan fingerprint density at radius 1 is 1.00 bits per heavy atom. The number of hydrogen-bond acceptors (Lipinski definition) is 5. The van der Waals surface area contributed by atoms with E-state index < -0.39 is 5.82 Å². The number of amides is 1. The summed E-state index contributed by atoms with van der Waals surface area (Å²) in [6, 6.07) is 13.6. The summed E-state index contributed by atoms with van der Waals surface area (Å²) >= 11 is 0. The molecule has 1 aliphatic heterocycles. The molecule has 0 radical (unpaired) electrons. The highest BCUT2D eigenvalue weighted by molar-refractivity contribution is 5.95. The van der Waals surface area contributed by atoms with Crippen LogP contribution in [0, 0.1) is 5.82 Å². The molecule has 0 saturated carbocycles. The fourth-order valence-corrected chi connectivity index (χ4v) is 3.64. The molecule has 0 spiro atoms. The van der Waals surface area contributed by atoms with Gasteiger partial charge in [0.2, 0.25) is 0 Å². The summed E-state index contributed by atoms with van der Waals surface area (Å²) in [5, 5.41) is 0.903. The van der Waals surface area contributed by atoms with Gasteiger partial charge in [-0.15, -0.1) is 0 Å². The molecule has 6 nitrogen and oxygen atoms in total. The number of benzene rings is 2. The van der Waals surface area contributed by atoms with Crippen molar-refractivity contribution in [2.45, 2.75) is 6.92 Å². The number of carbonyl (C=O) groups excluding carboxylic acids is 2. The molecule has 30 heavy (non-hydrogen) atoms. The number of rotatable bonds is 4. The van der Waals surface area contributed by atoms with Crippen LogP contribution in [0.25, 0.3) is 10.9 Å². The summed E-state index contributed by atoms with van der Waals surface area (Å²) in [7, 11) is 1.61. The average molecular weight is 407 g/mol. The number of anilines is 1. The van der Waals surface area contributed by atoms with Gasteiger partial charge in [-0.2, -0.15) is 0 Å². The lowest BCUT2D eigenvalue weighted by molar-refractivity contribution is 0.0741. The van der Waals surface area contributed by atoms with Crippen molar-refractivity contribution in [1.82, 2.24) is 9.88 Å². The Balaban J connectivity index is 1.45. The van der Waals surface area contributed by atoms with Gasteiger partial charge in [0.25, 0.3) is 5.91 Å². The van der Waals surface area contributed by atoms with Crippen LogP contribution in [0.5, 0.6) is 5.75 Å². The van der Waals surface area contributed by atoms with E-state index in [1.807, 2.05) is 29.2 Å². The standard InChI is InChI=1S/C23H22FN3O3/c1-15(28)16-4-8-22(19(24)14-16)26-9-11-27(12-10-26)23(29)21-6-3-17-13-18(30-2)5-7-20(17)25-21/h3-8,13-14H,9-12H2,1-2H3. The van der Waals surface area contributed by atoms with Crippen LogP contribution >= 0.6 is 0 Å². The van der Waals surface area contributed by atoms with E-state index in [0.29, 0.717) is 43.1 Å². The molecule has 0 unspecified atom stereocenters. The Morgan fingerprint density at radius 3 is 2.43 bits per heavy atom. The lowest BCUT2D eigenvalue weighted by Crippen LogP contribution is -2.49. The average Bonchev–Trinajstić information content (AvgIpc) is 2.78. The number of fused-ring (bicyclic) bond motifs is 1. The van der Waals surface area contributed by atoms with Crippen LogP contribution in [0.1, 0.15) is 27.8 Å². The van der Waals surface area contributed by atoms with E-state index >= 15 is 0 Å². The maximum absolute atomic E-state index is 14.4. The summed E-state index contributed by atoms with van der Waals surface area (Å²) in [6.07, 6.45) is 0. The minimum Gasteiger partial charge on any atom is -0.497 e. The van der Waals surface area contributed by atoms with E-state index in [4.69, 9.17) is 4.74 Å². The van der Waals surface area contributed by atoms with Crippen molar-refractivity contribution in [3.05, 3.63) is 65.6 Å². The van der Waals surface area contributed by atoms with Crippen molar-refractivity contribution in [3.8, 4) is 5.75 Å². The highest BCUT2D eigenvalue weighted by atomic mass is 19.1. The molecule has 0 aliphatic carbocycles. The number of piperazine rings is 1. The van der Waals surface area contributed by atoms with Gasteiger partial charge >= 0.3 is 0 Å². The SMILES string of the molecule is COc1ccc2nc(C(=O)N3CCN(c4ccc(C(C)=O)cc4F)CC3)ccc2c1. The Labute approximate surface area is 173 Å². The lowest BCUT2D eigenvalue weighted by Gasteiger charge is -2.36. The third kappa shape index (κ3) is 3.83. The molecular formula is C23H22FN3O3. The number of nitrogens with zero attached hydrogens (tertiary/aromatic N) is 3. The Morgan fingerprint density at radius 2 is 1.77 bits per heavy atom. The van der Waals surface area contributed by atoms with E-state index in [2.05, 4.69) is 4.98 Å². The van der Waals surface area contributed by atoms with E-state index in [1.54, 1.807) is 30.2 Å². The quantitative estimate of drug-likeness (QED) is 0.619. The van der Waals surface area contributed by atoms with Crippen LogP contribution in [-0.4, -0.2) is 54.9 Å². The van der Waals surface area contributed by atoms with E-state index in [9.17, 15) is 14.0 Å². The highest BCUT2D eigenvalue weighted by Gasteiger charge is 2.24. The molecule has 4 rings (SSSR count). The van der Waals surface area contributed by atoms with Gasteiger partial charge in [0.1, 0.15) is 17.3 Å². The number of aromatic nitrogens is 1. The van der Waals surface area contributed by atoms with Gasteiger partial charge in [0.15, 0.2) is 5.78 Å². The van der Waals surface area contributed by atoms with E-state index in [0.717, 1.165) is 16.7 Å². The number of Topliss-reactive ketones (excluding diaryl/α,β-unsaturated/α-hetero) is 1. The molecule has 154 valence electrons. The summed E-state index contributed by atoms with van der Waals surface area (Å²) in [5.41, 5.74) is 1.92. The van der Waals surface area contributed by atoms with Gasteiger partial charge in [-0.3, -0.25) is 9.59 Å². The third-order valence-electron chi connectivity index (χ3n) is 5.38. The monoisotopic (exact) mass is 407 g/mol. The first-order valence-corrected chi connectivity index (χ1v) is 9.76. The van der Waals surface area contributed by atoms with Gasteiger partial charge in [0, 0.05) is 37.1 Å². The van der Waals surface area contributed by atoms with Crippen molar-refractivity contribution in [1.29, 1.82) is 0 Å². The zero-order chi connectivity index (χ0) is 21.3. The van der Waals surface area contributed by atoms with Gasteiger partial charge in [0.05, 0.1) is 18.3 Å². The van der Waals surface area contributed by atoms with Crippen molar-refractivity contribution in [3.63, 3.8) is 0 Å². The van der Waals surface area contributed by atoms with E-state index in [-0.39, 0.29) is 11.7 Å². The van der Waals surface area contributed by atoms with Crippen molar-refractivity contribution >= 4 is 28.3 Å². The number of halogens is 1. The van der Waals surface area contributed by atoms with Crippen LogP contribution in [0.2, 0.25) is 0 Å². The number of ketones is 1. The normalized spacial score (nSPS) is 14.1. The Kier molecular flexibility index (Phi) is 5.35. The van der Waals surface area contributed by atoms with Crippen LogP contribution in [0.15, 0.2) is 48.5 Å². The second-order valence-electron chi connectivity index (χ2n) is 7.26. The zero-order valence-electron chi connectivity index (χ0n) is 16.9. The third-order valence-corrected chi connectivity index (χ3v) is 5.38. The van der Waals surface area contributed by atoms with Crippen LogP contribution in [-0.2, 0) is 0 Å². The molecule has 1 saturated heterocycles. The molecule has 1 aliphatic rings. The number of ether oxygens (including phenoxy) is 1. The van der Waals surface area contributed by atoms with Gasteiger partial charge in [-0.1, -0.05) is 6.07 Å². The number of carbonyl (C=O) groups is 2. The molecule has 3 aromatic rings. The minimum absolute atomic E-state index is 0.139. The fourth-order valence-electron chi connectivity index (χ4n) is 3.64. The molecule has 0 atom stereocenters. The molecule has 0 N–H and O–H groups in total. The van der Waals surface area contributed by atoms with Crippen molar-refractivity contribution in [2.75, 3.05) is 38.2 Å². The van der Waals surface area contributed by atoms with Gasteiger partial charge < -0.3 is 14.5 Å². The molecular weight excluding hydrogens is 385 g/mol. The minimum atomic E-state index is -0.422. The maximum atomic E-state index is 14.4. The van der Waals surface area contributed by atoms with Crippen molar-refractivity contribution in [2.24, 2.45) is 0 Å². The van der Waals surface area contributed by atoms with Crippen LogP contribution in [0.4, 0.5) is 10.1 Å². The zero-order valence-corrected chi connectivity index (χ0v) is 16.9. The predicted octanol–water partition coefficient (Wildman–Crippen LogP) is 3.55. The second-order valence-corrected chi connectivity index (χ2v) is 7.26. The van der Waals surface area contributed by atoms with Crippen LogP contribution in [0.3, 0.4) is 0 Å². The Hall–Kier alpha value is -3.48. The highest BCUT2D eigenvalue weighted by Crippen LogP contribution is 2.23. The smallest absolute Gasteiger partial charge is 0.272 e.